The molecule has 0 aromatic carbocycles. The average molecular weight is 340 g/mol. The Morgan fingerprint density at radius 3 is 3.08 bits per heavy atom. The first-order valence-corrected chi connectivity index (χ1v) is 9.17. The van der Waals surface area contributed by atoms with Gasteiger partial charge in [-0.25, -0.2) is 0 Å². The molecule has 2 aromatic heterocycles. The number of aryl methyl sites for hydroxylation is 1. The minimum Gasteiger partial charge on any atom is -0.376 e. The Bertz CT molecular complexity index is 722. The molecule has 4 rings (SSSR count). The topological polar surface area (TPSA) is 60.2 Å². The van der Waals surface area contributed by atoms with Crippen LogP contribution in [0.4, 0.5) is 0 Å². The summed E-state index contributed by atoms with van der Waals surface area (Å²) in [5, 5.41) is 4.42. The molecule has 6 nitrogen and oxygen atoms in total. The van der Waals surface area contributed by atoms with E-state index in [1.54, 1.807) is 12.4 Å². The van der Waals surface area contributed by atoms with Gasteiger partial charge >= 0.3 is 0 Å². The van der Waals surface area contributed by atoms with Crippen molar-refractivity contribution in [2.24, 2.45) is 0 Å². The van der Waals surface area contributed by atoms with Gasteiger partial charge in [-0.05, 0) is 44.2 Å². The molecule has 0 aliphatic carbocycles. The second kappa shape index (κ2) is 7.35. The fraction of sp³-hybridized carbons (Fsp3) is 0.526. The maximum Gasteiger partial charge on any atom is 0.257 e. The molecule has 0 unspecified atom stereocenters. The third-order valence-corrected chi connectivity index (χ3v) is 5.03. The number of hydrogen-bond donors (Lipinski definition) is 0. The van der Waals surface area contributed by atoms with Crippen molar-refractivity contribution in [2.75, 3.05) is 13.2 Å². The van der Waals surface area contributed by atoms with Crippen LogP contribution in [0.3, 0.4) is 0 Å². The predicted octanol–water partition coefficient (Wildman–Crippen LogP) is 2.44. The number of nitrogens with zero attached hydrogens (tertiary/aromatic N) is 4. The van der Waals surface area contributed by atoms with E-state index in [1.165, 1.54) is 0 Å². The number of amides is 1. The number of pyridine rings is 1. The quantitative estimate of drug-likeness (QED) is 0.839. The van der Waals surface area contributed by atoms with Crippen molar-refractivity contribution in [1.82, 2.24) is 19.7 Å². The van der Waals surface area contributed by atoms with Crippen molar-refractivity contribution < 1.29 is 9.53 Å². The van der Waals surface area contributed by atoms with Crippen LogP contribution < -0.4 is 0 Å². The third kappa shape index (κ3) is 3.58. The van der Waals surface area contributed by atoms with E-state index in [4.69, 9.17) is 4.74 Å². The van der Waals surface area contributed by atoms with Crippen LogP contribution >= 0.6 is 0 Å². The Balaban J connectivity index is 1.57. The van der Waals surface area contributed by atoms with Crippen LogP contribution in [-0.2, 0) is 24.2 Å². The first kappa shape index (κ1) is 16.3. The molecule has 0 spiro atoms. The number of hydrogen-bond acceptors (Lipinski definition) is 4. The van der Waals surface area contributed by atoms with Crippen molar-refractivity contribution in [3.05, 3.63) is 47.5 Å². The summed E-state index contributed by atoms with van der Waals surface area (Å²) in [7, 11) is 0. The molecule has 0 N–H and O–H groups in total. The number of rotatable bonds is 5. The first-order chi connectivity index (χ1) is 12.3. The number of ether oxygens (including phenoxy) is 1. The summed E-state index contributed by atoms with van der Waals surface area (Å²) in [6.45, 7) is 2.82. The van der Waals surface area contributed by atoms with Gasteiger partial charge in [0, 0.05) is 25.9 Å². The summed E-state index contributed by atoms with van der Waals surface area (Å²) >= 11 is 0. The molecule has 0 bridgehead atoms. The molecule has 0 radical (unpaired) electrons. The molecule has 132 valence electrons. The monoisotopic (exact) mass is 340 g/mol. The Morgan fingerprint density at radius 1 is 1.32 bits per heavy atom. The molecule has 0 saturated carbocycles. The van der Waals surface area contributed by atoms with Crippen LogP contribution in [0.1, 0.15) is 47.4 Å². The van der Waals surface area contributed by atoms with Crippen LogP contribution in [0.2, 0.25) is 0 Å². The number of aromatic nitrogens is 3. The van der Waals surface area contributed by atoms with Gasteiger partial charge in [-0.15, -0.1) is 0 Å². The minimum atomic E-state index is 0.0457. The van der Waals surface area contributed by atoms with Crippen LogP contribution in [0.15, 0.2) is 30.6 Å². The van der Waals surface area contributed by atoms with Gasteiger partial charge in [-0.2, -0.15) is 5.10 Å². The number of fused-ring (bicyclic) bond motifs is 1. The molecule has 1 amide bonds. The van der Waals surface area contributed by atoms with Gasteiger partial charge in [0.1, 0.15) is 0 Å². The zero-order valence-corrected chi connectivity index (χ0v) is 14.4. The van der Waals surface area contributed by atoms with Crippen molar-refractivity contribution in [1.29, 1.82) is 0 Å². The van der Waals surface area contributed by atoms with Gasteiger partial charge in [-0.3, -0.25) is 14.5 Å². The van der Waals surface area contributed by atoms with Crippen LogP contribution in [0.25, 0.3) is 0 Å². The SMILES string of the molecule is O=C(c1cnn2c1CCCC2)N(Cc1ccccn1)C[C@H]1CCCO1. The lowest BCUT2D eigenvalue weighted by molar-refractivity contribution is 0.0503. The summed E-state index contributed by atoms with van der Waals surface area (Å²) in [6, 6.07) is 5.81. The Labute approximate surface area is 147 Å². The highest BCUT2D eigenvalue weighted by Crippen LogP contribution is 2.22. The van der Waals surface area contributed by atoms with Crippen molar-refractivity contribution >= 4 is 5.91 Å². The normalized spacial score (nSPS) is 19.6. The first-order valence-electron chi connectivity index (χ1n) is 9.17. The summed E-state index contributed by atoms with van der Waals surface area (Å²) in [6.07, 6.45) is 8.90. The molecule has 2 aliphatic rings. The molecule has 1 atom stereocenters. The zero-order chi connectivity index (χ0) is 17.1. The van der Waals surface area contributed by atoms with Gasteiger partial charge in [0.2, 0.25) is 0 Å². The lowest BCUT2D eigenvalue weighted by Crippen LogP contribution is -2.37. The molecular formula is C19H24N4O2. The average Bonchev–Trinajstić information content (AvgIpc) is 3.31. The van der Waals surface area contributed by atoms with Crippen LogP contribution in [-0.4, -0.2) is 44.8 Å². The van der Waals surface area contributed by atoms with Gasteiger partial charge in [0.05, 0.1) is 35.8 Å². The molecule has 6 heteroatoms. The fourth-order valence-corrected chi connectivity index (χ4v) is 3.71. The molecular weight excluding hydrogens is 316 g/mol. The number of carbonyl (C=O) groups excluding carboxylic acids is 1. The summed E-state index contributed by atoms with van der Waals surface area (Å²) in [5.41, 5.74) is 2.72. The second-order valence-electron chi connectivity index (χ2n) is 6.83. The predicted molar refractivity (Wildman–Crippen MR) is 93.1 cm³/mol. The maximum atomic E-state index is 13.3. The van der Waals surface area contributed by atoms with E-state index in [9.17, 15) is 4.79 Å². The molecule has 4 heterocycles. The van der Waals surface area contributed by atoms with Gasteiger partial charge in [0.25, 0.3) is 5.91 Å². The highest BCUT2D eigenvalue weighted by atomic mass is 16.5. The summed E-state index contributed by atoms with van der Waals surface area (Å²) in [4.78, 5) is 19.5. The van der Waals surface area contributed by atoms with E-state index in [-0.39, 0.29) is 12.0 Å². The van der Waals surface area contributed by atoms with E-state index in [2.05, 4.69) is 10.1 Å². The van der Waals surface area contributed by atoms with Crippen molar-refractivity contribution in [2.45, 2.75) is 51.3 Å². The van der Waals surface area contributed by atoms with Gasteiger partial charge in [-0.1, -0.05) is 6.07 Å². The number of carbonyl (C=O) groups is 1. The van der Waals surface area contributed by atoms with E-state index in [0.29, 0.717) is 13.1 Å². The smallest absolute Gasteiger partial charge is 0.257 e. The standard InChI is InChI=1S/C19H24N4O2/c24-19(17-12-21-23-10-4-2-8-18(17)23)22(14-16-7-5-11-25-16)13-15-6-1-3-9-20-15/h1,3,6,9,12,16H,2,4-5,7-8,10-11,13-14H2/t16-/m1/s1. The van der Waals surface area contributed by atoms with E-state index in [1.807, 2.05) is 27.8 Å². The van der Waals surface area contributed by atoms with Gasteiger partial charge in [0.15, 0.2) is 0 Å². The third-order valence-electron chi connectivity index (χ3n) is 5.03. The molecule has 1 fully saturated rings. The Kier molecular flexibility index (Phi) is 4.78. The Morgan fingerprint density at radius 2 is 2.28 bits per heavy atom. The molecule has 1 saturated heterocycles. The molecule has 2 aromatic rings. The van der Waals surface area contributed by atoms with Gasteiger partial charge < -0.3 is 9.64 Å². The highest BCUT2D eigenvalue weighted by molar-refractivity contribution is 5.95. The largest absolute Gasteiger partial charge is 0.376 e. The van der Waals surface area contributed by atoms with Crippen molar-refractivity contribution in [3.63, 3.8) is 0 Å². The molecule has 25 heavy (non-hydrogen) atoms. The lowest BCUT2D eigenvalue weighted by Gasteiger charge is -2.26. The highest BCUT2D eigenvalue weighted by Gasteiger charge is 2.27. The van der Waals surface area contributed by atoms with Crippen LogP contribution in [0, 0.1) is 0 Å². The van der Waals surface area contributed by atoms with E-state index in [0.717, 1.165) is 62.2 Å². The molecule has 2 aliphatic heterocycles. The maximum absolute atomic E-state index is 13.3. The Hall–Kier alpha value is -2.21. The zero-order valence-electron chi connectivity index (χ0n) is 14.4. The minimum absolute atomic E-state index is 0.0457. The van der Waals surface area contributed by atoms with Crippen LogP contribution in [0.5, 0.6) is 0 Å². The summed E-state index contributed by atoms with van der Waals surface area (Å²) in [5.74, 6) is 0.0457. The summed E-state index contributed by atoms with van der Waals surface area (Å²) < 4.78 is 7.75. The fourth-order valence-electron chi connectivity index (χ4n) is 3.71. The lowest BCUT2D eigenvalue weighted by atomic mass is 10.1. The van der Waals surface area contributed by atoms with Crippen molar-refractivity contribution in [3.8, 4) is 0 Å². The van der Waals surface area contributed by atoms with E-state index < -0.39 is 0 Å². The second-order valence-corrected chi connectivity index (χ2v) is 6.83. The van der Waals surface area contributed by atoms with E-state index >= 15 is 0 Å².